The SMILES string of the molecule is CSCCN(C)c1ccc(Br)cc1/C(N)=N/O. The van der Waals surface area contributed by atoms with Crippen molar-refractivity contribution in [2.24, 2.45) is 10.9 Å². The van der Waals surface area contributed by atoms with Gasteiger partial charge < -0.3 is 15.8 Å². The molecule has 0 unspecified atom stereocenters. The second kappa shape index (κ2) is 6.76. The fourth-order valence-electron chi connectivity index (χ4n) is 1.45. The summed E-state index contributed by atoms with van der Waals surface area (Å²) in [6, 6.07) is 5.75. The molecule has 17 heavy (non-hydrogen) atoms. The lowest BCUT2D eigenvalue weighted by molar-refractivity contribution is 0.318. The lowest BCUT2D eigenvalue weighted by Gasteiger charge is -2.21. The van der Waals surface area contributed by atoms with Gasteiger partial charge in [0.25, 0.3) is 0 Å². The molecule has 1 aromatic rings. The molecule has 94 valence electrons. The number of nitrogens with zero attached hydrogens (tertiary/aromatic N) is 2. The lowest BCUT2D eigenvalue weighted by Crippen LogP contribution is -2.24. The number of thioether (sulfide) groups is 1. The van der Waals surface area contributed by atoms with Crippen LogP contribution in [-0.4, -0.2) is 36.6 Å². The highest BCUT2D eigenvalue weighted by molar-refractivity contribution is 9.10. The van der Waals surface area contributed by atoms with Crippen LogP contribution in [0, 0.1) is 0 Å². The Morgan fingerprint density at radius 2 is 2.29 bits per heavy atom. The van der Waals surface area contributed by atoms with Crippen molar-refractivity contribution in [1.29, 1.82) is 0 Å². The number of hydrogen-bond donors (Lipinski definition) is 2. The summed E-state index contributed by atoms with van der Waals surface area (Å²) in [7, 11) is 1.99. The summed E-state index contributed by atoms with van der Waals surface area (Å²) in [5, 5.41) is 11.9. The van der Waals surface area contributed by atoms with Gasteiger partial charge in [0.2, 0.25) is 0 Å². The third kappa shape index (κ3) is 3.81. The summed E-state index contributed by atoms with van der Waals surface area (Å²) >= 11 is 5.17. The number of anilines is 1. The molecule has 0 spiro atoms. The molecule has 6 heteroatoms. The first kappa shape index (κ1) is 14.2. The van der Waals surface area contributed by atoms with E-state index >= 15 is 0 Å². The van der Waals surface area contributed by atoms with Gasteiger partial charge in [-0.15, -0.1) is 0 Å². The first-order chi connectivity index (χ1) is 8.10. The van der Waals surface area contributed by atoms with E-state index in [1.54, 1.807) is 11.8 Å². The molecule has 4 nitrogen and oxygen atoms in total. The van der Waals surface area contributed by atoms with Crippen molar-refractivity contribution in [2.75, 3.05) is 30.5 Å². The molecule has 0 aromatic heterocycles. The predicted molar refractivity (Wildman–Crippen MR) is 78.3 cm³/mol. The Kier molecular flexibility index (Phi) is 5.64. The standard InChI is InChI=1S/C11H16BrN3OS/c1-15(5-6-17-2)10-4-3-8(12)7-9(10)11(13)14-16/h3-4,7,16H,5-6H2,1-2H3,(H2,13,14). The van der Waals surface area contributed by atoms with Gasteiger partial charge in [-0.05, 0) is 24.5 Å². The Morgan fingerprint density at radius 1 is 1.59 bits per heavy atom. The quantitative estimate of drug-likeness (QED) is 0.379. The zero-order valence-electron chi connectivity index (χ0n) is 9.85. The maximum absolute atomic E-state index is 8.79. The van der Waals surface area contributed by atoms with E-state index in [-0.39, 0.29) is 5.84 Å². The number of oxime groups is 1. The summed E-state index contributed by atoms with van der Waals surface area (Å²) in [5.41, 5.74) is 7.36. The van der Waals surface area contributed by atoms with E-state index in [1.165, 1.54) is 0 Å². The second-order valence-electron chi connectivity index (χ2n) is 3.56. The van der Waals surface area contributed by atoms with Crippen LogP contribution in [0.4, 0.5) is 5.69 Å². The average molecular weight is 318 g/mol. The number of benzene rings is 1. The molecule has 0 radical (unpaired) electrons. The van der Waals surface area contributed by atoms with Crippen molar-refractivity contribution in [3.05, 3.63) is 28.2 Å². The third-order valence-electron chi connectivity index (χ3n) is 2.38. The van der Waals surface area contributed by atoms with E-state index < -0.39 is 0 Å². The Labute approximate surface area is 114 Å². The fraction of sp³-hybridized carbons (Fsp3) is 0.364. The molecular weight excluding hydrogens is 302 g/mol. The van der Waals surface area contributed by atoms with Crippen molar-refractivity contribution in [3.63, 3.8) is 0 Å². The van der Waals surface area contributed by atoms with Crippen molar-refractivity contribution < 1.29 is 5.21 Å². The summed E-state index contributed by atoms with van der Waals surface area (Å²) in [6.45, 7) is 0.911. The Balaban J connectivity index is 3.05. The van der Waals surface area contributed by atoms with E-state index in [0.29, 0.717) is 0 Å². The van der Waals surface area contributed by atoms with Crippen molar-refractivity contribution in [1.82, 2.24) is 0 Å². The van der Waals surface area contributed by atoms with Crippen LogP contribution in [0.2, 0.25) is 0 Å². The summed E-state index contributed by atoms with van der Waals surface area (Å²) < 4.78 is 0.904. The Bertz CT molecular complexity index is 412. The average Bonchev–Trinajstić information content (AvgIpc) is 2.34. The molecule has 0 fully saturated rings. The molecule has 0 amide bonds. The molecule has 0 heterocycles. The van der Waals surface area contributed by atoms with Crippen molar-refractivity contribution >= 4 is 39.2 Å². The van der Waals surface area contributed by atoms with Gasteiger partial charge in [-0.1, -0.05) is 21.1 Å². The molecule has 0 aliphatic carbocycles. The minimum absolute atomic E-state index is 0.123. The number of amidine groups is 1. The maximum Gasteiger partial charge on any atom is 0.172 e. The van der Waals surface area contributed by atoms with Crippen LogP contribution in [0.15, 0.2) is 27.8 Å². The number of nitrogens with two attached hydrogens (primary N) is 1. The van der Waals surface area contributed by atoms with E-state index in [1.807, 2.05) is 25.2 Å². The highest BCUT2D eigenvalue weighted by Crippen LogP contribution is 2.23. The number of rotatable bonds is 5. The second-order valence-corrected chi connectivity index (χ2v) is 5.46. The zero-order valence-corrected chi connectivity index (χ0v) is 12.3. The van der Waals surface area contributed by atoms with Gasteiger partial charge in [-0.3, -0.25) is 0 Å². The first-order valence-corrected chi connectivity index (χ1v) is 7.26. The van der Waals surface area contributed by atoms with Crippen LogP contribution in [0.5, 0.6) is 0 Å². The van der Waals surface area contributed by atoms with Gasteiger partial charge in [0.05, 0.1) is 0 Å². The molecular formula is C11H16BrN3OS. The van der Waals surface area contributed by atoms with Crippen molar-refractivity contribution in [3.8, 4) is 0 Å². The zero-order chi connectivity index (χ0) is 12.8. The molecule has 0 aliphatic heterocycles. The normalized spacial score (nSPS) is 11.6. The monoisotopic (exact) mass is 317 g/mol. The van der Waals surface area contributed by atoms with Crippen LogP contribution in [0.3, 0.4) is 0 Å². The van der Waals surface area contributed by atoms with Crippen molar-refractivity contribution in [2.45, 2.75) is 0 Å². The molecule has 1 aromatic carbocycles. The lowest BCUT2D eigenvalue weighted by atomic mass is 10.1. The van der Waals surface area contributed by atoms with Gasteiger partial charge in [0.1, 0.15) is 0 Å². The number of hydrogen-bond acceptors (Lipinski definition) is 4. The smallest absolute Gasteiger partial charge is 0.172 e. The minimum Gasteiger partial charge on any atom is -0.409 e. The first-order valence-electron chi connectivity index (χ1n) is 5.07. The third-order valence-corrected chi connectivity index (χ3v) is 3.47. The molecule has 1 rings (SSSR count). The van der Waals surface area contributed by atoms with Crippen LogP contribution in [0.25, 0.3) is 0 Å². The summed E-state index contributed by atoms with van der Waals surface area (Å²) in [5.74, 6) is 1.15. The predicted octanol–water partition coefficient (Wildman–Crippen LogP) is 2.34. The Hall–Kier alpha value is -0.880. The van der Waals surface area contributed by atoms with E-state index in [0.717, 1.165) is 28.0 Å². The van der Waals surface area contributed by atoms with Crippen LogP contribution in [-0.2, 0) is 0 Å². The molecule has 0 aliphatic rings. The van der Waals surface area contributed by atoms with E-state index in [9.17, 15) is 0 Å². The number of halogens is 1. The molecule has 3 N–H and O–H groups in total. The molecule has 0 saturated carbocycles. The largest absolute Gasteiger partial charge is 0.409 e. The van der Waals surface area contributed by atoms with E-state index in [4.69, 9.17) is 10.9 Å². The Morgan fingerprint density at radius 3 is 2.88 bits per heavy atom. The van der Waals surface area contributed by atoms with Gasteiger partial charge in [-0.25, -0.2) is 0 Å². The topological polar surface area (TPSA) is 61.8 Å². The summed E-state index contributed by atoms with van der Waals surface area (Å²) in [4.78, 5) is 2.09. The van der Waals surface area contributed by atoms with Gasteiger partial charge >= 0.3 is 0 Å². The minimum atomic E-state index is 0.123. The highest BCUT2D eigenvalue weighted by Gasteiger charge is 2.11. The van der Waals surface area contributed by atoms with Gasteiger partial charge in [-0.2, -0.15) is 11.8 Å². The fourth-order valence-corrected chi connectivity index (χ4v) is 2.27. The van der Waals surface area contributed by atoms with Gasteiger partial charge in [0.15, 0.2) is 5.84 Å². The van der Waals surface area contributed by atoms with Gasteiger partial charge in [0, 0.05) is 35.1 Å². The van der Waals surface area contributed by atoms with E-state index in [2.05, 4.69) is 32.2 Å². The van der Waals surface area contributed by atoms with Crippen LogP contribution in [0.1, 0.15) is 5.56 Å². The molecule has 0 atom stereocenters. The van der Waals surface area contributed by atoms with Crippen LogP contribution < -0.4 is 10.6 Å². The highest BCUT2D eigenvalue weighted by atomic mass is 79.9. The maximum atomic E-state index is 8.79. The molecule has 0 saturated heterocycles. The molecule has 0 bridgehead atoms. The summed E-state index contributed by atoms with van der Waals surface area (Å²) in [6.07, 6.45) is 2.07. The van der Waals surface area contributed by atoms with Crippen LogP contribution >= 0.6 is 27.7 Å².